The molecule has 0 heterocycles. The summed E-state index contributed by atoms with van der Waals surface area (Å²) in [5.74, 6) is 0.737. The fourth-order valence-electron chi connectivity index (χ4n) is 9.85. The minimum Gasteiger partial charge on any atom is -0.0996 e. The van der Waals surface area contributed by atoms with Crippen molar-refractivity contribution in [3.8, 4) is 0 Å². The van der Waals surface area contributed by atoms with E-state index in [-0.39, 0.29) is 16.2 Å². The number of hydrogen-bond donors (Lipinski definition) is 0. The molecule has 0 nitrogen and oxygen atoms in total. The highest BCUT2D eigenvalue weighted by Crippen LogP contribution is 2.70. The Bertz CT molecular complexity index is 1350. The summed E-state index contributed by atoms with van der Waals surface area (Å²) in [7, 11) is 0. The molecule has 0 saturated heterocycles. The Labute approximate surface area is 239 Å². The van der Waals surface area contributed by atoms with Gasteiger partial charge in [-0.1, -0.05) is 101 Å². The van der Waals surface area contributed by atoms with Crippen LogP contribution in [0.5, 0.6) is 0 Å². The van der Waals surface area contributed by atoms with Crippen LogP contribution in [0.25, 0.3) is 5.57 Å². The number of rotatable bonds is 5. The molecule has 1 aromatic carbocycles. The van der Waals surface area contributed by atoms with Crippen molar-refractivity contribution in [2.75, 3.05) is 0 Å². The third-order valence-electron chi connectivity index (χ3n) is 11.8. The van der Waals surface area contributed by atoms with Gasteiger partial charge in [0.15, 0.2) is 0 Å². The largest absolute Gasteiger partial charge is 0.0996 e. The third-order valence-corrected chi connectivity index (χ3v) is 11.8. The number of fused-ring (bicyclic) bond motifs is 3. The van der Waals surface area contributed by atoms with Crippen molar-refractivity contribution < 1.29 is 0 Å². The van der Waals surface area contributed by atoms with E-state index in [1.807, 2.05) is 0 Å². The summed E-state index contributed by atoms with van der Waals surface area (Å²) in [5, 5.41) is 0. The molecule has 1 aromatic rings. The van der Waals surface area contributed by atoms with Crippen LogP contribution in [0.4, 0.5) is 0 Å². The Hall–Kier alpha value is -2.34. The van der Waals surface area contributed by atoms with Crippen molar-refractivity contribution in [1.82, 2.24) is 0 Å². The molecule has 0 bridgehead atoms. The Morgan fingerprint density at radius 2 is 1.62 bits per heavy atom. The average Bonchev–Trinajstić information content (AvgIpc) is 2.85. The van der Waals surface area contributed by atoms with E-state index in [0.29, 0.717) is 0 Å². The quantitative estimate of drug-likeness (QED) is 0.339. The first-order chi connectivity index (χ1) is 18.2. The first kappa shape index (κ1) is 28.2. The van der Waals surface area contributed by atoms with Crippen LogP contribution in [0.15, 0.2) is 77.5 Å². The summed E-state index contributed by atoms with van der Waals surface area (Å²) < 4.78 is 0. The van der Waals surface area contributed by atoms with Crippen molar-refractivity contribution in [1.29, 1.82) is 0 Å². The third kappa shape index (κ3) is 4.15. The molecule has 3 atom stereocenters. The molecule has 208 valence electrons. The molecule has 0 amide bonds. The van der Waals surface area contributed by atoms with Crippen molar-refractivity contribution in [2.45, 2.75) is 113 Å². The van der Waals surface area contributed by atoms with Crippen LogP contribution >= 0.6 is 0 Å². The van der Waals surface area contributed by atoms with Crippen LogP contribution in [0.1, 0.15) is 115 Å². The van der Waals surface area contributed by atoms with Crippen molar-refractivity contribution in [3.05, 3.63) is 99.7 Å². The van der Waals surface area contributed by atoms with Gasteiger partial charge in [0.1, 0.15) is 0 Å². The zero-order valence-electron chi connectivity index (χ0n) is 26.1. The van der Waals surface area contributed by atoms with Crippen molar-refractivity contribution in [2.24, 2.45) is 22.2 Å². The van der Waals surface area contributed by atoms with Crippen LogP contribution in [-0.4, -0.2) is 0 Å². The summed E-state index contributed by atoms with van der Waals surface area (Å²) in [5.41, 5.74) is 16.9. The minimum atomic E-state index is -0.0979. The van der Waals surface area contributed by atoms with E-state index >= 15 is 0 Å². The first-order valence-electron chi connectivity index (χ1n) is 15.5. The highest BCUT2D eigenvalue weighted by Gasteiger charge is 2.59. The molecule has 0 aliphatic heterocycles. The smallest absolute Gasteiger partial charge is 0.0194 e. The summed E-state index contributed by atoms with van der Waals surface area (Å²) in [6.07, 6.45) is 12.4. The molecule has 1 saturated carbocycles. The van der Waals surface area contributed by atoms with E-state index in [4.69, 9.17) is 13.2 Å². The van der Waals surface area contributed by atoms with Gasteiger partial charge in [-0.05, 0) is 134 Å². The second-order valence-corrected chi connectivity index (χ2v) is 14.6. The maximum atomic E-state index is 4.86. The van der Waals surface area contributed by atoms with Gasteiger partial charge in [0.25, 0.3) is 0 Å². The molecule has 0 spiro atoms. The molecule has 0 unspecified atom stereocenters. The van der Waals surface area contributed by atoms with Gasteiger partial charge in [-0.2, -0.15) is 0 Å². The second kappa shape index (κ2) is 9.64. The summed E-state index contributed by atoms with van der Waals surface area (Å²) in [4.78, 5) is 0. The molecule has 0 heteroatoms. The molecule has 5 rings (SSSR count). The van der Waals surface area contributed by atoms with Gasteiger partial charge in [0, 0.05) is 5.41 Å². The van der Waals surface area contributed by atoms with E-state index in [9.17, 15) is 0 Å². The van der Waals surface area contributed by atoms with Gasteiger partial charge in [-0.3, -0.25) is 0 Å². The fourth-order valence-corrected chi connectivity index (χ4v) is 9.85. The lowest BCUT2D eigenvalue weighted by molar-refractivity contribution is 0.0543. The van der Waals surface area contributed by atoms with Gasteiger partial charge < -0.3 is 0 Å². The number of aryl methyl sites for hydroxylation is 2. The normalized spacial score (nSPS) is 31.2. The first-order valence-corrected chi connectivity index (χ1v) is 15.5. The van der Waals surface area contributed by atoms with E-state index in [1.165, 1.54) is 87.8 Å². The maximum absolute atomic E-state index is 4.86. The molecule has 0 radical (unpaired) electrons. The fraction of sp³-hybridized carbons (Fsp3) is 0.538. The SMILES string of the molecule is C=C(C)C1=C(C)C[C@@]2(C)C[C@@]3(C)Cc4c(CCC(=C)C5CCCCC5)ccc(C)c4C(=C)C3=C(C)[C@@]2(C)C1=C. The van der Waals surface area contributed by atoms with Crippen LogP contribution in [0.3, 0.4) is 0 Å². The van der Waals surface area contributed by atoms with Crippen LogP contribution in [0.2, 0.25) is 0 Å². The number of hydrogen-bond acceptors (Lipinski definition) is 0. The van der Waals surface area contributed by atoms with E-state index in [0.717, 1.165) is 43.6 Å². The second-order valence-electron chi connectivity index (χ2n) is 14.6. The summed E-state index contributed by atoms with van der Waals surface area (Å²) in [6.45, 7) is 35.2. The standard InChI is InChI=1S/C39H52/c1-24(2)34-27(5)21-38(10)23-37(9)22-33-32(19-17-25(3)31-15-13-12-14-16-31)20-18-26(4)35(33)28(6)36(37)30(8)39(38,11)29(34)7/h18,20,31H,1,3,6-7,12-17,19,21-23H2,2,4-5,8-11H3/t37-,38+,39-/m1/s1. The average molecular weight is 521 g/mol. The topological polar surface area (TPSA) is 0 Å². The summed E-state index contributed by atoms with van der Waals surface area (Å²) in [6, 6.07) is 4.77. The van der Waals surface area contributed by atoms with Gasteiger partial charge in [0.2, 0.25) is 0 Å². The van der Waals surface area contributed by atoms with E-state index < -0.39 is 0 Å². The molecule has 0 N–H and O–H groups in total. The van der Waals surface area contributed by atoms with Gasteiger partial charge in [-0.15, -0.1) is 0 Å². The number of allylic oxidation sites excluding steroid dienone is 8. The van der Waals surface area contributed by atoms with Crippen molar-refractivity contribution >= 4 is 5.57 Å². The predicted octanol–water partition coefficient (Wildman–Crippen LogP) is 11.2. The zero-order valence-corrected chi connectivity index (χ0v) is 26.1. The Morgan fingerprint density at radius 1 is 0.949 bits per heavy atom. The lowest BCUT2D eigenvalue weighted by Crippen LogP contribution is -2.52. The van der Waals surface area contributed by atoms with Crippen LogP contribution < -0.4 is 0 Å². The van der Waals surface area contributed by atoms with Gasteiger partial charge >= 0.3 is 0 Å². The van der Waals surface area contributed by atoms with E-state index in [1.54, 1.807) is 5.56 Å². The number of benzene rings is 1. The van der Waals surface area contributed by atoms with Gasteiger partial charge in [0.05, 0.1) is 0 Å². The molecular weight excluding hydrogens is 468 g/mol. The molecule has 1 fully saturated rings. The van der Waals surface area contributed by atoms with Gasteiger partial charge in [-0.25, -0.2) is 0 Å². The molecule has 39 heavy (non-hydrogen) atoms. The van der Waals surface area contributed by atoms with Crippen LogP contribution in [-0.2, 0) is 12.8 Å². The van der Waals surface area contributed by atoms with E-state index in [2.05, 4.69) is 73.8 Å². The minimum absolute atomic E-state index is 0.0760. The summed E-state index contributed by atoms with van der Waals surface area (Å²) >= 11 is 0. The molecule has 4 aliphatic carbocycles. The monoisotopic (exact) mass is 520 g/mol. The highest BCUT2D eigenvalue weighted by molar-refractivity contribution is 5.87. The Balaban J connectivity index is 1.57. The molecular formula is C39H52. The lowest BCUT2D eigenvalue weighted by Gasteiger charge is -2.62. The lowest BCUT2D eigenvalue weighted by atomic mass is 9.41. The Morgan fingerprint density at radius 3 is 2.26 bits per heavy atom. The van der Waals surface area contributed by atoms with Crippen molar-refractivity contribution in [3.63, 3.8) is 0 Å². The van der Waals surface area contributed by atoms with Crippen LogP contribution in [0, 0.1) is 29.1 Å². The zero-order chi connectivity index (χ0) is 28.5. The maximum Gasteiger partial charge on any atom is 0.0194 e. The highest BCUT2D eigenvalue weighted by atomic mass is 14.6. The molecule has 0 aromatic heterocycles. The molecule has 4 aliphatic rings. The Kier molecular flexibility index (Phi) is 6.97. The predicted molar refractivity (Wildman–Crippen MR) is 171 cm³/mol.